The molecule has 104 valence electrons. The summed E-state index contributed by atoms with van der Waals surface area (Å²) >= 11 is 0. The van der Waals surface area contributed by atoms with Crippen molar-refractivity contribution < 1.29 is 0 Å². The van der Waals surface area contributed by atoms with Crippen molar-refractivity contribution in [1.82, 2.24) is 4.90 Å². The van der Waals surface area contributed by atoms with Crippen molar-refractivity contribution in [2.24, 2.45) is 5.92 Å². The zero-order valence-corrected chi connectivity index (χ0v) is 12.3. The lowest BCUT2D eigenvalue weighted by molar-refractivity contribution is 0.106. The molecule has 1 aliphatic heterocycles. The molecule has 0 atom stereocenters. The molecule has 1 saturated heterocycles. The van der Waals surface area contributed by atoms with Crippen LogP contribution in [0, 0.1) is 5.92 Å². The van der Waals surface area contributed by atoms with E-state index in [9.17, 15) is 0 Å². The molecule has 0 radical (unpaired) electrons. The van der Waals surface area contributed by atoms with Gasteiger partial charge in [-0.1, -0.05) is 49.6 Å². The summed E-state index contributed by atoms with van der Waals surface area (Å²) in [5, 5.41) is 0. The third-order valence-corrected chi connectivity index (χ3v) is 5.61. The molecular weight excluding hydrogens is 230 g/mol. The molecule has 1 aromatic rings. The average molecular weight is 257 g/mol. The third-order valence-electron chi connectivity index (χ3n) is 5.61. The van der Waals surface area contributed by atoms with Crippen LogP contribution in [0.3, 0.4) is 0 Å². The summed E-state index contributed by atoms with van der Waals surface area (Å²) in [5.74, 6) is 0.928. The summed E-state index contributed by atoms with van der Waals surface area (Å²) in [6, 6.07) is 11.4. The molecule has 0 spiro atoms. The highest BCUT2D eigenvalue weighted by Gasteiger charge is 2.42. The summed E-state index contributed by atoms with van der Waals surface area (Å²) in [7, 11) is 2.27. The summed E-state index contributed by atoms with van der Waals surface area (Å²) in [4.78, 5) is 2.50. The van der Waals surface area contributed by atoms with Gasteiger partial charge in [0.15, 0.2) is 0 Å². The van der Waals surface area contributed by atoms with E-state index >= 15 is 0 Å². The van der Waals surface area contributed by atoms with Crippen molar-refractivity contribution in [3.63, 3.8) is 0 Å². The first-order valence-corrected chi connectivity index (χ1v) is 8.05. The second-order valence-corrected chi connectivity index (χ2v) is 6.66. The molecule has 0 bridgehead atoms. The molecule has 0 aromatic heterocycles. The van der Waals surface area contributed by atoms with Crippen LogP contribution in [-0.4, -0.2) is 25.0 Å². The Morgan fingerprint density at radius 3 is 2.21 bits per heavy atom. The summed E-state index contributed by atoms with van der Waals surface area (Å²) in [5.41, 5.74) is 2.10. The standard InChI is InChI=1S/C18H27N/c1-19-14-12-18(13-15-19,16-8-4-2-5-9-16)17-10-6-3-7-11-17/h2,4-5,8-9,17H,3,6-7,10-15H2,1H3. The minimum atomic E-state index is 0.480. The molecule has 1 aromatic carbocycles. The minimum absolute atomic E-state index is 0.480. The van der Waals surface area contributed by atoms with Crippen LogP contribution in [0.25, 0.3) is 0 Å². The van der Waals surface area contributed by atoms with Crippen LogP contribution in [0.4, 0.5) is 0 Å². The fraction of sp³-hybridized carbons (Fsp3) is 0.667. The first-order valence-electron chi connectivity index (χ1n) is 8.05. The second kappa shape index (κ2) is 5.66. The molecule has 1 nitrogen and oxygen atoms in total. The van der Waals surface area contributed by atoms with Crippen molar-refractivity contribution in [2.75, 3.05) is 20.1 Å². The van der Waals surface area contributed by atoms with Crippen LogP contribution in [-0.2, 0) is 5.41 Å². The Morgan fingerprint density at radius 1 is 0.947 bits per heavy atom. The molecule has 19 heavy (non-hydrogen) atoms. The van der Waals surface area contributed by atoms with E-state index in [0.717, 1.165) is 5.92 Å². The number of nitrogens with zero attached hydrogens (tertiary/aromatic N) is 1. The highest BCUT2D eigenvalue weighted by Crippen LogP contribution is 2.47. The predicted molar refractivity (Wildman–Crippen MR) is 81.4 cm³/mol. The third kappa shape index (κ3) is 2.58. The van der Waals surface area contributed by atoms with Gasteiger partial charge in [0.05, 0.1) is 0 Å². The monoisotopic (exact) mass is 257 g/mol. The minimum Gasteiger partial charge on any atom is -0.306 e. The maximum Gasteiger partial charge on any atom is 0.000551 e. The summed E-state index contributed by atoms with van der Waals surface area (Å²) < 4.78 is 0. The lowest BCUT2D eigenvalue weighted by Crippen LogP contribution is -2.46. The van der Waals surface area contributed by atoms with E-state index in [-0.39, 0.29) is 0 Å². The Morgan fingerprint density at radius 2 is 1.58 bits per heavy atom. The fourth-order valence-electron chi connectivity index (χ4n) is 4.38. The van der Waals surface area contributed by atoms with Gasteiger partial charge in [0.1, 0.15) is 0 Å². The molecule has 1 heteroatoms. The van der Waals surface area contributed by atoms with Gasteiger partial charge in [-0.25, -0.2) is 0 Å². The van der Waals surface area contributed by atoms with Crippen LogP contribution < -0.4 is 0 Å². The average Bonchev–Trinajstić information content (AvgIpc) is 2.50. The fourth-order valence-corrected chi connectivity index (χ4v) is 4.38. The number of hydrogen-bond acceptors (Lipinski definition) is 1. The van der Waals surface area contributed by atoms with E-state index in [1.165, 1.54) is 58.0 Å². The maximum atomic E-state index is 2.50. The van der Waals surface area contributed by atoms with Crippen molar-refractivity contribution in [2.45, 2.75) is 50.4 Å². The number of piperidine rings is 1. The SMILES string of the molecule is CN1CCC(c2ccccc2)(C2CCCCC2)CC1. The molecule has 0 unspecified atom stereocenters. The normalized spacial score (nSPS) is 25.3. The number of hydrogen-bond donors (Lipinski definition) is 0. The van der Waals surface area contributed by atoms with E-state index in [2.05, 4.69) is 42.3 Å². The topological polar surface area (TPSA) is 3.24 Å². The second-order valence-electron chi connectivity index (χ2n) is 6.66. The summed E-state index contributed by atoms with van der Waals surface area (Å²) in [6.45, 7) is 2.54. The Bertz CT molecular complexity index is 383. The maximum absolute atomic E-state index is 2.50. The quantitative estimate of drug-likeness (QED) is 0.766. The van der Waals surface area contributed by atoms with Crippen LogP contribution in [0.15, 0.2) is 30.3 Å². The first-order chi connectivity index (χ1) is 9.31. The van der Waals surface area contributed by atoms with E-state index in [1.807, 2.05) is 0 Å². The molecule has 2 fully saturated rings. The lowest BCUT2D eigenvalue weighted by atomic mass is 9.60. The van der Waals surface area contributed by atoms with Crippen molar-refractivity contribution in [3.8, 4) is 0 Å². The zero-order valence-electron chi connectivity index (χ0n) is 12.3. The van der Waals surface area contributed by atoms with Gasteiger partial charge >= 0.3 is 0 Å². The van der Waals surface area contributed by atoms with Crippen LogP contribution in [0.1, 0.15) is 50.5 Å². The largest absolute Gasteiger partial charge is 0.306 e. The molecule has 1 saturated carbocycles. The van der Waals surface area contributed by atoms with E-state index < -0.39 is 0 Å². The van der Waals surface area contributed by atoms with Gasteiger partial charge < -0.3 is 4.90 Å². The highest BCUT2D eigenvalue weighted by atomic mass is 15.1. The Labute approximate surface area is 118 Å². The molecule has 3 rings (SSSR count). The summed E-state index contributed by atoms with van der Waals surface area (Å²) in [6.07, 6.45) is 10.00. The predicted octanol–water partition coefficient (Wildman–Crippen LogP) is 4.23. The molecule has 2 aliphatic rings. The first kappa shape index (κ1) is 13.2. The van der Waals surface area contributed by atoms with Gasteiger partial charge in [-0.2, -0.15) is 0 Å². The Hall–Kier alpha value is -0.820. The number of rotatable bonds is 2. The van der Waals surface area contributed by atoms with E-state index in [4.69, 9.17) is 0 Å². The molecule has 0 amide bonds. The van der Waals surface area contributed by atoms with Gasteiger partial charge in [-0.15, -0.1) is 0 Å². The molecule has 0 N–H and O–H groups in total. The molecular formula is C18H27N. The van der Waals surface area contributed by atoms with Crippen molar-refractivity contribution in [3.05, 3.63) is 35.9 Å². The Kier molecular flexibility index (Phi) is 3.93. The smallest absolute Gasteiger partial charge is 0.000551 e. The lowest BCUT2D eigenvalue weighted by Gasteiger charge is -2.48. The van der Waals surface area contributed by atoms with Crippen molar-refractivity contribution >= 4 is 0 Å². The van der Waals surface area contributed by atoms with Gasteiger partial charge in [-0.3, -0.25) is 0 Å². The van der Waals surface area contributed by atoms with E-state index in [0.29, 0.717) is 5.41 Å². The van der Waals surface area contributed by atoms with Gasteiger partial charge in [-0.05, 0) is 57.3 Å². The molecule has 1 aliphatic carbocycles. The van der Waals surface area contributed by atoms with Gasteiger partial charge in [0.2, 0.25) is 0 Å². The number of benzene rings is 1. The van der Waals surface area contributed by atoms with Crippen LogP contribution in [0.5, 0.6) is 0 Å². The highest BCUT2D eigenvalue weighted by molar-refractivity contribution is 5.27. The van der Waals surface area contributed by atoms with Crippen molar-refractivity contribution in [1.29, 1.82) is 0 Å². The van der Waals surface area contributed by atoms with Gasteiger partial charge in [0, 0.05) is 5.41 Å². The Balaban J connectivity index is 1.91. The van der Waals surface area contributed by atoms with E-state index in [1.54, 1.807) is 5.56 Å². The van der Waals surface area contributed by atoms with Crippen LogP contribution in [0.2, 0.25) is 0 Å². The molecule has 1 heterocycles. The number of likely N-dealkylation sites (tertiary alicyclic amines) is 1. The van der Waals surface area contributed by atoms with Gasteiger partial charge in [0.25, 0.3) is 0 Å². The zero-order chi connectivity index (χ0) is 13.1. The van der Waals surface area contributed by atoms with Crippen LogP contribution >= 0.6 is 0 Å².